The number of anilines is 3. The Hall–Kier alpha value is -4.31. The normalized spacial score (nSPS) is 13.3. The number of hydrogen-bond donors (Lipinski definition) is 2. The van der Waals surface area contributed by atoms with E-state index in [2.05, 4.69) is 15.6 Å². The van der Waals surface area contributed by atoms with Crippen LogP contribution in [0.4, 0.5) is 22.7 Å². The fraction of sp³-hybridized carbons (Fsp3) is 0.167. The maximum absolute atomic E-state index is 13.0. The van der Waals surface area contributed by atoms with Crippen molar-refractivity contribution in [2.45, 2.75) is 19.3 Å². The van der Waals surface area contributed by atoms with Gasteiger partial charge < -0.3 is 15.5 Å². The summed E-state index contributed by atoms with van der Waals surface area (Å²) in [6.07, 6.45) is 3.61. The van der Waals surface area contributed by atoms with Crippen molar-refractivity contribution in [3.8, 4) is 0 Å². The Kier molecular flexibility index (Phi) is 7.02. The molecule has 0 aliphatic carbocycles. The minimum atomic E-state index is -0.658. The molecule has 1 aromatic heterocycles. The molecule has 35 heavy (non-hydrogen) atoms. The zero-order valence-electron chi connectivity index (χ0n) is 18.4. The lowest BCUT2D eigenvalue weighted by Gasteiger charge is -2.26. The number of non-ortho nitro benzene ring substituents is 1. The number of nitrogens with zero attached hydrogens (tertiary/aromatic N) is 3. The number of nitro groups is 1. The van der Waals surface area contributed by atoms with Gasteiger partial charge in [-0.1, -0.05) is 11.6 Å². The molecule has 0 saturated carbocycles. The SMILES string of the molecule is O=C(Nc1ccc([N+](=O)[O-])cc1C(=O)Nc1ccc(N2CCCCC2=O)cc1)c1ccc(Cl)cn1. The van der Waals surface area contributed by atoms with Crippen molar-refractivity contribution in [2.24, 2.45) is 0 Å². The van der Waals surface area contributed by atoms with Crippen LogP contribution in [0.3, 0.4) is 0 Å². The summed E-state index contributed by atoms with van der Waals surface area (Å²) < 4.78 is 0. The van der Waals surface area contributed by atoms with Crippen LogP contribution in [-0.2, 0) is 4.79 Å². The average molecular weight is 494 g/mol. The van der Waals surface area contributed by atoms with Crippen LogP contribution in [0.5, 0.6) is 0 Å². The number of aromatic nitrogens is 1. The van der Waals surface area contributed by atoms with Crippen molar-refractivity contribution in [1.82, 2.24) is 4.98 Å². The highest BCUT2D eigenvalue weighted by molar-refractivity contribution is 6.30. The Morgan fingerprint density at radius 3 is 2.43 bits per heavy atom. The number of piperidine rings is 1. The molecule has 0 radical (unpaired) electrons. The van der Waals surface area contributed by atoms with Gasteiger partial charge in [0.05, 0.1) is 21.2 Å². The molecule has 3 aromatic rings. The second-order valence-corrected chi connectivity index (χ2v) is 8.24. The van der Waals surface area contributed by atoms with Gasteiger partial charge in [-0.25, -0.2) is 4.98 Å². The second-order valence-electron chi connectivity index (χ2n) is 7.81. The molecule has 1 saturated heterocycles. The van der Waals surface area contributed by atoms with Crippen LogP contribution in [0.15, 0.2) is 60.8 Å². The van der Waals surface area contributed by atoms with E-state index in [1.807, 2.05) is 0 Å². The fourth-order valence-electron chi connectivity index (χ4n) is 3.64. The lowest BCUT2D eigenvalue weighted by molar-refractivity contribution is -0.384. The smallest absolute Gasteiger partial charge is 0.274 e. The van der Waals surface area contributed by atoms with Gasteiger partial charge in [-0.15, -0.1) is 0 Å². The first kappa shape index (κ1) is 23.8. The Bertz CT molecular complexity index is 1290. The van der Waals surface area contributed by atoms with E-state index >= 15 is 0 Å². The van der Waals surface area contributed by atoms with Crippen molar-refractivity contribution >= 4 is 52.1 Å². The summed E-state index contributed by atoms with van der Waals surface area (Å²) >= 11 is 5.80. The predicted octanol–water partition coefficient (Wildman–Crippen LogP) is 4.66. The number of carbonyl (C=O) groups is 3. The molecule has 1 aliphatic rings. The number of nitro benzene ring substituents is 1. The number of pyridine rings is 1. The molecule has 4 rings (SSSR count). The number of halogens is 1. The Labute approximate surface area is 205 Å². The van der Waals surface area contributed by atoms with Crippen LogP contribution < -0.4 is 15.5 Å². The average Bonchev–Trinajstić information content (AvgIpc) is 2.85. The first-order chi connectivity index (χ1) is 16.8. The molecule has 3 amide bonds. The number of rotatable bonds is 6. The minimum absolute atomic E-state index is 0.0557. The van der Waals surface area contributed by atoms with E-state index < -0.39 is 16.7 Å². The van der Waals surface area contributed by atoms with Gasteiger partial charge in [-0.3, -0.25) is 24.5 Å². The summed E-state index contributed by atoms with van der Waals surface area (Å²) in [6, 6.07) is 13.2. The van der Waals surface area contributed by atoms with E-state index in [9.17, 15) is 24.5 Å². The molecule has 10 nitrogen and oxygen atoms in total. The highest BCUT2D eigenvalue weighted by Gasteiger charge is 2.21. The van der Waals surface area contributed by atoms with E-state index in [1.54, 1.807) is 29.2 Å². The molecule has 0 spiro atoms. The van der Waals surface area contributed by atoms with E-state index in [1.165, 1.54) is 30.5 Å². The van der Waals surface area contributed by atoms with Gasteiger partial charge in [0, 0.05) is 42.7 Å². The highest BCUT2D eigenvalue weighted by atomic mass is 35.5. The summed E-state index contributed by atoms with van der Waals surface area (Å²) in [6.45, 7) is 0.643. The standard InChI is InChI=1S/C24H20ClN5O5/c25-15-4-10-21(26-14-15)24(33)28-20-11-9-18(30(34)35)13-19(20)23(32)27-16-5-7-17(8-6-16)29-12-2-1-3-22(29)31/h4-11,13-14H,1-3,12H2,(H,27,32)(H,28,33). The summed E-state index contributed by atoms with van der Waals surface area (Å²) in [5.41, 5.74) is 0.874. The lowest BCUT2D eigenvalue weighted by Crippen LogP contribution is -2.35. The zero-order chi connectivity index (χ0) is 24.9. The van der Waals surface area contributed by atoms with E-state index in [-0.39, 0.29) is 28.5 Å². The topological polar surface area (TPSA) is 135 Å². The van der Waals surface area contributed by atoms with Crippen LogP contribution >= 0.6 is 11.6 Å². The first-order valence-electron chi connectivity index (χ1n) is 10.7. The number of benzene rings is 2. The van der Waals surface area contributed by atoms with Crippen LogP contribution in [-0.4, -0.2) is 34.2 Å². The maximum atomic E-state index is 13.0. The summed E-state index contributed by atoms with van der Waals surface area (Å²) in [5.74, 6) is -1.21. The van der Waals surface area contributed by atoms with Gasteiger partial charge in [0.2, 0.25) is 5.91 Å². The van der Waals surface area contributed by atoms with Crippen molar-refractivity contribution in [3.05, 3.63) is 87.2 Å². The lowest BCUT2D eigenvalue weighted by atomic mass is 10.1. The van der Waals surface area contributed by atoms with Crippen molar-refractivity contribution in [2.75, 3.05) is 22.1 Å². The first-order valence-corrected chi connectivity index (χ1v) is 11.1. The Morgan fingerprint density at radius 1 is 1.00 bits per heavy atom. The second kappa shape index (κ2) is 10.3. The quantitative estimate of drug-likeness (QED) is 0.378. The fourth-order valence-corrected chi connectivity index (χ4v) is 3.75. The van der Waals surface area contributed by atoms with Gasteiger partial charge in [0.15, 0.2) is 0 Å². The van der Waals surface area contributed by atoms with Gasteiger partial charge in [0.1, 0.15) is 5.69 Å². The minimum Gasteiger partial charge on any atom is -0.322 e. The van der Waals surface area contributed by atoms with Gasteiger partial charge in [0.25, 0.3) is 17.5 Å². The molecule has 178 valence electrons. The number of nitrogens with one attached hydrogen (secondary N) is 2. The summed E-state index contributed by atoms with van der Waals surface area (Å²) in [4.78, 5) is 54.0. The van der Waals surface area contributed by atoms with Crippen molar-refractivity contribution < 1.29 is 19.3 Å². The van der Waals surface area contributed by atoms with Crippen LogP contribution in [0.1, 0.15) is 40.1 Å². The van der Waals surface area contributed by atoms with E-state index in [0.717, 1.165) is 24.6 Å². The zero-order valence-corrected chi connectivity index (χ0v) is 19.1. The molecular formula is C24H20ClN5O5. The maximum Gasteiger partial charge on any atom is 0.274 e. The molecule has 2 heterocycles. The van der Waals surface area contributed by atoms with Crippen LogP contribution in [0.25, 0.3) is 0 Å². The molecule has 2 N–H and O–H groups in total. The van der Waals surface area contributed by atoms with Crippen LogP contribution in [0.2, 0.25) is 5.02 Å². The number of carbonyl (C=O) groups excluding carboxylic acids is 3. The Morgan fingerprint density at radius 2 is 1.77 bits per heavy atom. The molecule has 0 bridgehead atoms. The highest BCUT2D eigenvalue weighted by Crippen LogP contribution is 2.26. The number of amides is 3. The number of hydrogen-bond acceptors (Lipinski definition) is 6. The van der Waals surface area contributed by atoms with Gasteiger partial charge in [-0.2, -0.15) is 0 Å². The van der Waals surface area contributed by atoms with Gasteiger partial charge in [-0.05, 0) is 55.3 Å². The monoisotopic (exact) mass is 493 g/mol. The van der Waals surface area contributed by atoms with E-state index in [0.29, 0.717) is 23.7 Å². The third-order valence-electron chi connectivity index (χ3n) is 5.43. The summed E-state index contributed by atoms with van der Waals surface area (Å²) in [5, 5.41) is 16.9. The molecule has 1 aliphatic heterocycles. The molecule has 0 unspecified atom stereocenters. The Balaban J connectivity index is 1.55. The largest absolute Gasteiger partial charge is 0.322 e. The predicted molar refractivity (Wildman–Crippen MR) is 131 cm³/mol. The van der Waals surface area contributed by atoms with Crippen molar-refractivity contribution in [1.29, 1.82) is 0 Å². The van der Waals surface area contributed by atoms with Crippen LogP contribution in [0, 0.1) is 10.1 Å². The molecule has 0 atom stereocenters. The third kappa shape index (κ3) is 5.61. The third-order valence-corrected chi connectivity index (χ3v) is 5.65. The molecule has 1 fully saturated rings. The summed E-state index contributed by atoms with van der Waals surface area (Å²) in [7, 11) is 0. The molecule has 11 heteroatoms. The molecular weight excluding hydrogens is 474 g/mol. The van der Waals surface area contributed by atoms with Crippen molar-refractivity contribution in [3.63, 3.8) is 0 Å². The molecule has 2 aromatic carbocycles. The van der Waals surface area contributed by atoms with E-state index in [4.69, 9.17) is 11.6 Å². The van der Waals surface area contributed by atoms with Gasteiger partial charge >= 0.3 is 0 Å².